The van der Waals surface area contributed by atoms with Gasteiger partial charge in [0.25, 0.3) is 5.89 Å². The van der Waals surface area contributed by atoms with Crippen LogP contribution in [-0.4, -0.2) is 16.1 Å². The average Bonchev–Trinajstić information content (AvgIpc) is 3.02. The third-order valence-corrected chi connectivity index (χ3v) is 2.73. The van der Waals surface area contributed by atoms with Crippen LogP contribution in [-0.2, 0) is 6.18 Å². The summed E-state index contributed by atoms with van der Waals surface area (Å²) >= 11 is 0. The Bertz CT molecular complexity index is 798. The topological polar surface area (TPSA) is 76.5 Å². The second-order valence-electron chi connectivity index (χ2n) is 4.15. The maximum atomic E-state index is 12.7. The molecule has 0 saturated heterocycles. The minimum atomic E-state index is -4.93. The molecule has 2 aromatic heterocycles. The van der Waals surface area contributed by atoms with E-state index in [2.05, 4.69) is 4.98 Å². The molecule has 0 aliphatic carbocycles. The van der Waals surface area contributed by atoms with Crippen molar-refractivity contribution in [2.24, 2.45) is 0 Å². The second-order valence-corrected chi connectivity index (χ2v) is 4.15. The lowest BCUT2D eigenvalue weighted by molar-refractivity contribution is -0.141. The summed E-state index contributed by atoms with van der Waals surface area (Å²) in [5.74, 6) is -3.72. The van der Waals surface area contributed by atoms with Gasteiger partial charge in [0, 0.05) is 5.39 Å². The summed E-state index contributed by atoms with van der Waals surface area (Å²) in [4.78, 5) is 14.0. The highest BCUT2D eigenvalue weighted by Gasteiger charge is 2.41. The van der Waals surface area contributed by atoms with Crippen molar-refractivity contribution in [2.75, 3.05) is 0 Å². The van der Waals surface area contributed by atoms with Gasteiger partial charge in [-0.25, -0.2) is 9.78 Å². The maximum absolute atomic E-state index is 12.7. The summed E-state index contributed by atoms with van der Waals surface area (Å²) in [7, 11) is 0. The van der Waals surface area contributed by atoms with Gasteiger partial charge in [-0.15, -0.1) is 0 Å². The fourth-order valence-electron chi connectivity index (χ4n) is 1.85. The zero-order valence-corrected chi connectivity index (χ0v) is 10.1. The lowest BCUT2D eigenvalue weighted by atomic mass is 10.2. The predicted molar refractivity (Wildman–Crippen MR) is 63.7 cm³/mol. The molecular formula is C13H6F3NO4. The Morgan fingerprint density at radius 1 is 1.19 bits per heavy atom. The molecule has 0 unspecified atom stereocenters. The summed E-state index contributed by atoms with van der Waals surface area (Å²) in [5.41, 5.74) is -1.17. The number of hydrogen-bond acceptors (Lipinski definition) is 4. The van der Waals surface area contributed by atoms with E-state index in [4.69, 9.17) is 13.9 Å². The zero-order chi connectivity index (χ0) is 15.2. The maximum Gasteiger partial charge on any atom is 0.437 e. The monoisotopic (exact) mass is 297 g/mol. The summed E-state index contributed by atoms with van der Waals surface area (Å²) in [6.45, 7) is 0. The zero-order valence-electron chi connectivity index (χ0n) is 10.1. The molecule has 0 spiro atoms. The smallest absolute Gasteiger partial charge is 0.437 e. The van der Waals surface area contributed by atoms with Crippen LogP contribution >= 0.6 is 0 Å². The summed E-state index contributed by atoms with van der Waals surface area (Å²) in [5, 5.41) is 9.40. The van der Waals surface area contributed by atoms with Crippen LogP contribution in [0.4, 0.5) is 13.2 Å². The van der Waals surface area contributed by atoms with Crippen molar-refractivity contribution in [1.29, 1.82) is 0 Å². The highest BCUT2D eigenvalue weighted by Crippen LogP contribution is 2.35. The van der Waals surface area contributed by atoms with Gasteiger partial charge in [-0.2, -0.15) is 13.2 Å². The molecule has 3 aromatic rings. The molecule has 0 saturated carbocycles. The largest absolute Gasteiger partial charge is 0.475 e. The molecule has 0 bridgehead atoms. The molecule has 5 nitrogen and oxygen atoms in total. The van der Waals surface area contributed by atoms with Crippen LogP contribution < -0.4 is 0 Å². The second kappa shape index (κ2) is 4.37. The first kappa shape index (κ1) is 13.2. The number of alkyl halides is 3. The van der Waals surface area contributed by atoms with Crippen molar-refractivity contribution in [2.45, 2.75) is 6.18 Å². The first-order valence-corrected chi connectivity index (χ1v) is 5.66. The van der Waals surface area contributed by atoms with Crippen molar-refractivity contribution >= 4 is 16.9 Å². The summed E-state index contributed by atoms with van der Waals surface area (Å²) in [6.07, 6.45) is -4.93. The molecule has 21 heavy (non-hydrogen) atoms. The van der Waals surface area contributed by atoms with Gasteiger partial charge in [0.2, 0.25) is 5.76 Å². The van der Waals surface area contributed by atoms with E-state index in [1.165, 1.54) is 6.07 Å². The Morgan fingerprint density at radius 3 is 2.48 bits per heavy atom. The highest BCUT2D eigenvalue weighted by atomic mass is 19.4. The average molecular weight is 297 g/mol. The number of aromatic carboxylic acids is 1. The molecule has 0 aliphatic rings. The van der Waals surface area contributed by atoms with E-state index in [1.54, 1.807) is 24.3 Å². The van der Waals surface area contributed by atoms with Gasteiger partial charge in [0.1, 0.15) is 5.58 Å². The van der Waals surface area contributed by atoms with Crippen LogP contribution in [0.5, 0.6) is 0 Å². The van der Waals surface area contributed by atoms with Crippen molar-refractivity contribution < 1.29 is 31.9 Å². The standard InChI is InChI=1S/C13H6F3NO4/c14-13(15,16)10-9(12(18)19)21-11(17-10)8-5-6-3-1-2-4-7(6)20-8/h1-5H,(H,18,19). The van der Waals surface area contributed by atoms with Gasteiger partial charge >= 0.3 is 12.1 Å². The molecule has 0 amide bonds. The number of rotatable bonds is 2. The Labute approximate surface area is 114 Å². The Kier molecular flexibility index (Phi) is 2.75. The number of carboxylic acids is 1. The van der Waals surface area contributed by atoms with Crippen molar-refractivity contribution in [3.8, 4) is 11.7 Å². The van der Waals surface area contributed by atoms with E-state index < -0.39 is 29.5 Å². The number of nitrogens with zero attached hydrogens (tertiary/aromatic N) is 1. The molecule has 2 heterocycles. The molecule has 0 aliphatic heterocycles. The minimum absolute atomic E-state index is 0.0748. The molecule has 0 fully saturated rings. The van der Waals surface area contributed by atoms with Crippen LogP contribution in [0.1, 0.15) is 16.2 Å². The first-order chi connectivity index (χ1) is 9.86. The fourth-order valence-corrected chi connectivity index (χ4v) is 1.85. The van der Waals surface area contributed by atoms with E-state index in [-0.39, 0.29) is 5.76 Å². The van der Waals surface area contributed by atoms with Crippen molar-refractivity contribution in [3.63, 3.8) is 0 Å². The molecule has 0 radical (unpaired) electrons. The normalized spacial score (nSPS) is 12.0. The lowest BCUT2D eigenvalue weighted by Crippen LogP contribution is -2.11. The van der Waals surface area contributed by atoms with E-state index in [9.17, 15) is 18.0 Å². The Morgan fingerprint density at radius 2 is 1.90 bits per heavy atom. The third-order valence-electron chi connectivity index (χ3n) is 2.73. The van der Waals surface area contributed by atoms with Gasteiger partial charge in [0.15, 0.2) is 11.5 Å². The fraction of sp³-hybridized carbons (Fsp3) is 0.0769. The number of furan rings is 1. The van der Waals surface area contributed by atoms with Crippen LogP contribution in [0.2, 0.25) is 0 Å². The minimum Gasteiger partial charge on any atom is -0.475 e. The summed E-state index contributed by atoms with van der Waals surface area (Å²) < 4.78 is 48.2. The highest BCUT2D eigenvalue weighted by molar-refractivity contribution is 5.87. The molecule has 1 N–H and O–H groups in total. The van der Waals surface area contributed by atoms with Gasteiger partial charge in [-0.3, -0.25) is 0 Å². The quantitative estimate of drug-likeness (QED) is 0.778. The number of para-hydroxylation sites is 1. The number of carboxylic acid groups (broad SMARTS) is 1. The first-order valence-electron chi connectivity index (χ1n) is 5.66. The van der Waals surface area contributed by atoms with Gasteiger partial charge in [-0.1, -0.05) is 18.2 Å². The number of benzene rings is 1. The van der Waals surface area contributed by atoms with E-state index in [0.29, 0.717) is 11.0 Å². The molecule has 1 aromatic carbocycles. The van der Waals surface area contributed by atoms with Crippen LogP contribution in [0.25, 0.3) is 22.6 Å². The number of fused-ring (bicyclic) bond motifs is 1. The van der Waals surface area contributed by atoms with Crippen LogP contribution in [0.15, 0.2) is 39.2 Å². The van der Waals surface area contributed by atoms with Gasteiger partial charge in [-0.05, 0) is 12.1 Å². The van der Waals surface area contributed by atoms with E-state index >= 15 is 0 Å². The predicted octanol–water partition coefficient (Wildman–Crippen LogP) is 3.80. The third kappa shape index (κ3) is 2.24. The summed E-state index contributed by atoms with van der Waals surface area (Å²) in [6, 6.07) is 8.14. The van der Waals surface area contributed by atoms with E-state index in [1.807, 2.05) is 0 Å². The van der Waals surface area contributed by atoms with Gasteiger partial charge in [0.05, 0.1) is 0 Å². The number of oxazole rings is 1. The van der Waals surface area contributed by atoms with Crippen molar-refractivity contribution in [1.82, 2.24) is 4.98 Å². The number of aromatic nitrogens is 1. The lowest BCUT2D eigenvalue weighted by Gasteiger charge is -2.00. The Balaban J connectivity index is 2.16. The number of hydrogen-bond donors (Lipinski definition) is 1. The van der Waals surface area contributed by atoms with Crippen LogP contribution in [0.3, 0.4) is 0 Å². The van der Waals surface area contributed by atoms with Crippen LogP contribution in [0, 0.1) is 0 Å². The van der Waals surface area contributed by atoms with Gasteiger partial charge < -0.3 is 13.9 Å². The van der Waals surface area contributed by atoms with Crippen molar-refractivity contribution in [3.05, 3.63) is 41.8 Å². The molecule has 3 rings (SSSR count). The molecular weight excluding hydrogens is 291 g/mol. The number of halogens is 3. The molecule has 0 atom stereocenters. The Hall–Kier alpha value is -2.77. The molecule has 8 heteroatoms. The number of carbonyl (C=O) groups is 1. The van der Waals surface area contributed by atoms with E-state index in [0.717, 1.165) is 0 Å². The SMILES string of the molecule is O=C(O)c1oc(-c2cc3ccccc3o2)nc1C(F)(F)F. The molecule has 108 valence electrons.